The van der Waals surface area contributed by atoms with E-state index >= 15 is 0 Å². The maximum atomic E-state index is 12.4. The average Bonchev–Trinajstić information content (AvgIpc) is 2.83. The Hall–Kier alpha value is -1.88. The monoisotopic (exact) mass is 290 g/mol. The molecule has 1 aliphatic rings. The van der Waals surface area contributed by atoms with Crippen molar-refractivity contribution in [1.82, 2.24) is 10.2 Å². The zero-order valence-electron chi connectivity index (χ0n) is 12.8. The normalized spacial score (nSPS) is 18.7. The van der Waals surface area contributed by atoms with Crippen LogP contribution in [-0.2, 0) is 0 Å². The minimum Gasteiger partial charge on any atom is -0.478 e. The molecule has 0 aromatic heterocycles. The molecule has 5 heteroatoms. The number of nitrogens with zero attached hydrogens (tertiary/aromatic N) is 1. The van der Waals surface area contributed by atoms with E-state index in [2.05, 4.69) is 17.3 Å². The number of amides is 1. The van der Waals surface area contributed by atoms with E-state index in [1.807, 2.05) is 0 Å². The lowest BCUT2D eigenvalue weighted by atomic mass is 9.96. The van der Waals surface area contributed by atoms with Gasteiger partial charge in [-0.3, -0.25) is 4.79 Å². The first-order chi connectivity index (χ1) is 9.90. The molecule has 5 nitrogen and oxygen atoms in total. The van der Waals surface area contributed by atoms with Gasteiger partial charge in [-0.25, -0.2) is 4.79 Å². The lowest BCUT2D eigenvalue weighted by Crippen LogP contribution is -2.32. The summed E-state index contributed by atoms with van der Waals surface area (Å²) in [6, 6.07) is 3.53. The second-order valence-corrected chi connectivity index (χ2v) is 5.88. The Morgan fingerprint density at radius 1 is 1.29 bits per heavy atom. The first-order valence-corrected chi connectivity index (χ1v) is 7.20. The van der Waals surface area contributed by atoms with Crippen molar-refractivity contribution in [3.63, 3.8) is 0 Å². The first kappa shape index (κ1) is 15.5. The molecule has 1 aromatic carbocycles. The fraction of sp³-hybridized carbons (Fsp3) is 0.500. The number of carbonyl (C=O) groups excluding carboxylic acids is 1. The molecule has 1 fully saturated rings. The molecule has 2 N–H and O–H groups in total. The van der Waals surface area contributed by atoms with Gasteiger partial charge >= 0.3 is 5.97 Å². The van der Waals surface area contributed by atoms with E-state index in [1.54, 1.807) is 26.0 Å². The molecule has 1 atom stereocenters. The minimum absolute atomic E-state index is 0.107. The summed E-state index contributed by atoms with van der Waals surface area (Å²) in [5.74, 6) is -0.901. The van der Waals surface area contributed by atoms with Crippen LogP contribution in [0.4, 0.5) is 0 Å². The fourth-order valence-electron chi connectivity index (χ4n) is 2.90. The number of carbonyl (C=O) groups is 2. The van der Waals surface area contributed by atoms with E-state index in [4.69, 9.17) is 0 Å². The Morgan fingerprint density at radius 3 is 2.43 bits per heavy atom. The highest BCUT2D eigenvalue weighted by Gasteiger charge is 2.23. The van der Waals surface area contributed by atoms with Crippen LogP contribution >= 0.6 is 0 Å². The first-order valence-electron chi connectivity index (χ1n) is 7.20. The molecule has 0 radical (unpaired) electrons. The Morgan fingerprint density at radius 2 is 1.90 bits per heavy atom. The number of nitrogens with one attached hydrogen (secondary N) is 1. The van der Waals surface area contributed by atoms with E-state index in [9.17, 15) is 14.7 Å². The molecule has 1 aliphatic heterocycles. The number of rotatable bonds is 4. The van der Waals surface area contributed by atoms with Crippen molar-refractivity contribution in [2.75, 3.05) is 26.7 Å². The molecule has 21 heavy (non-hydrogen) atoms. The van der Waals surface area contributed by atoms with Gasteiger partial charge in [-0.15, -0.1) is 0 Å². The zero-order valence-corrected chi connectivity index (χ0v) is 12.8. The van der Waals surface area contributed by atoms with Crippen molar-refractivity contribution in [1.29, 1.82) is 0 Å². The van der Waals surface area contributed by atoms with Crippen molar-refractivity contribution in [2.45, 2.75) is 20.3 Å². The van der Waals surface area contributed by atoms with Gasteiger partial charge in [-0.1, -0.05) is 12.1 Å². The highest BCUT2D eigenvalue weighted by Crippen LogP contribution is 2.19. The third-order valence-corrected chi connectivity index (χ3v) is 4.10. The van der Waals surface area contributed by atoms with Gasteiger partial charge < -0.3 is 15.3 Å². The van der Waals surface area contributed by atoms with E-state index in [1.165, 1.54) is 0 Å². The summed E-state index contributed by atoms with van der Waals surface area (Å²) in [6.07, 6.45) is 1.06. The third-order valence-electron chi connectivity index (χ3n) is 4.10. The summed E-state index contributed by atoms with van der Waals surface area (Å²) in [4.78, 5) is 26.0. The number of carboxylic acid groups (broad SMARTS) is 1. The number of likely N-dealkylation sites (tertiary alicyclic amines) is 1. The molecule has 0 spiro atoms. The summed E-state index contributed by atoms with van der Waals surface area (Å²) in [5, 5.41) is 12.2. The lowest BCUT2D eigenvalue weighted by molar-refractivity contribution is 0.0690. The summed E-state index contributed by atoms with van der Waals surface area (Å²) in [5.41, 5.74) is 1.70. The molecule has 0 bridgehead atoms. The molecule has 0 aliphatic carbocycles. The topological polar surface area (TPSA) is 69.6 Å². The van der Waals surface area contributed by atoms with Crippen molar-refractivity contribution in [3.05, 3.63) is 34.4 Å². The number of carboxylic acids is 1. The van der Waals surface area contributed by atoms with E-state index in [0.29, 0.717) is 23.6 Å². The van der Waals surface area contributed by atoms with Gasteiger partial charge in [-0.2, -0.15) is 0 Å². The predicted molar refractivity (Wildman–Crippen MR) is 80.8 cm³/mol. The maximum Gasteiger partial charge on any atom is 0.336 e. The van der Waals surface area contributed by atoms with Crippen LogP contribution in [0, 0.1) is 19.8 Å². The molecular weight excluding hydrogens is 268 g/mol. The smallest absolute Gasteiger partial charge is 0.336 e. The average molecular weight is 290 g/mol. The molecule has 114 valence electrons. The predicted octanol–water partition coefficient (Wildman–Crippen LogP) is 1.68. The van der Waals surface area contributed by atoms with Gasteiger partial charge in [0, 0.05) is 13.1 Å². The quantitative estimate of drug-likeness (QED) is 0.885. The molecule has 1 saturated heterocycles. The Balaban J connectivity index is 2.15. The van der Waals surface area contributed by atoms with Crippen LogP contribution in [0.2, 0.25) is 0 Å². The number of benzene rings is 1. The number of hydrogen-bond donors (Lipinski definition) is 2. The van der Waals surface area contributed by atoms with Gasteiger partial charge in [0.05, 0.1) is 11.1 Å². The second kappa shape index (κ2) is 6.26. The molecule has 2 rings (SSSR count). The van der Waals surface area contributed by atoms with Gasteiger partial charge in [-0.05, 0) is 50.9 Å². The molecule has 1 aromatic rings. The second-order valence-electron chi connectivity index (χ2n) is 5.88. The van der Waals surface area contributed by atoms with Crippen molar-refractivity contribution >= 4 is 11.9 Å². The van der Waals surface area contributed by atoms with Gasteiger partial charge in [0.15, 0.2) is 0 Å². The van der Waals surface area contributed by atoms with Crippen LogP contribution < -0.4 is 5.32 Å². The number of hydrogen-bond acceptors (Lipinski definition) is 3. The largest absolute Gasteiger partial charge is 0.478 e. The molecule has 1 unspecified atom stereocenters. The van der Waals surface area contributed by atoms with Crippen molar-refractivity contribution in [3.8, 4) is 0 Å². The van der Waals surface area contributed by atoms with Crippen LogP contribution in [0.3, 0.4) is 0 Å². The van der Waals surface area contributed by atoms with Crippen LogP contribution in [0.5, 0.6) is 0 Å². The zero-order chi connectivity index (χ0) is 15.6. The summed E-state index contributed by atoms with van der Waals surface area (Å²) < 4.78 is 0. The molecule has 1 heterocycles. The van der Waals surface area contributed by atoms with Crippen LogP contribution in [0.1, 0.15) is 38.3 Å². The number of aryl methyl sites for hydroxylation is 2. The number of aromatic carboxylic acids is 1. The van der Waals surface area contributed by atoms with Gasteiger partial charge in [0.2, 0.25) is 0 Å². The Kier molecular flexibility index (Phi) is 4.63. The minimum atomic E-state index is -1.05. The highest BCUT2D eigenvalue weighted by atomic mass is 16.4. The fourth-order valence-corrected chi connectivity index (χ4v) is 2.90. The summed E-state index contributed by atoms with van der Waals surface area (Å²) in [7, 11) is 2.06. The molecule has 1 amide bonds. The highest BCUT2D eigenvalue weighted by molar-refractivity contribution is 6.06. The Bertz CT molecular complexity index is 569. The van der Waals surface area contributed by atoms with E-state index in [-0.39, 0.29) is 17.0 Å². The SMILES string of the molecule is Cc1ccc(C)c(C(=O)NCC2CCN(C)C2)c1C(=O)O. The molecule has 0 saturated carbocycles. The van der Waals surface area contributed by atoms with Crippen LogP contribution in [0.15, 0.2) is 12.1 Å². The van der Waals surface area contributed by atoms with Crippen molar-refractivity contribution < 1.29 is 14.7 Å². The van der Waals surface area contributed by atoms with Gasteiger partial charge in [0.1, 0.15) is 0 Å². The standard InChI is InChI=1S/C16H22N2O3/c1-10-4-5-11(2)14(16(20)21)13(10)15(19)17-8-12-6-7-18(3)9-12/h4-5,12H,6-9H2,1-3H3,(H,17,19)(H,20,21). The maximum absolute atomic E-state index is 12.4. The lowest BCUT2D eigenvalue weighted by Gasteiger charge is -2.15. The third kappa shape index (κ3) is 3.42. The van der Waals surface area contributed by atoms with Crippen LogP contribution in [-0.4, -0.2) is 48.6 Å². The molecular formula is C16H22N2O3. The van der Waals surface area contributed by atoms with Gasteiger partial charge in [0.25, 0.3) is 5.91 Å². The van der Waals surface area contributed by atoms with E-state index in [0.717, 1.165) is 19.5 Å². The van der Waals surface area contributed by atoms with Crippen molar-refractivity contribution in [2.24, 2.45) is 5.92 Å². The Labute approximate surface area is 125 Å². The van der Waals surface area contributed by atoms with Crippen LogP contribution in [0.25, 0.3) is 0 Å². The van der Waals surface area contributed by atoms with E-state index < -0.39 is 5.97 Å². The summed E-state index contributed by atoms with van der Waals surface area (Å²) in [6.45, 7) is 6.09. The summed E-state index contributed by atoms with van der Waals surface area (Å²) >= 11 is 0.